The lowest BCUT2D eigenvalue weighted by Crippen LogP contribution is -2.06. The van der Waals surface area contributed by atoms with Crippen molar-refractivity contribution in [2.75, 3.05) is 5.73 Å². The van der Waals surface area contributed by atoms with Crippen molar-refractivity contribution in [2.24, 2.45) is 0 Å². The molecule has 0 aromatic carbocycles. The monoisotopic (exact) mass is 310 g/mol. The summed E-state index contributed by atoms with van der Waals surface area (Å²) in [5, 5.41) is 4.99. The van der Waals surface area contributed by atoms with Crippen LogP contribution in [0.2, 0.25) is 0 Å². The third-order valence-corrected chi connectivity index (χ3v) is 3.35. The van der Waals surface area contributed by atoms with E-state index in [1.807, 2.05) is 0 Å². The highest BCUT2D eigenvalue weighted by atomic mass is 19.1. The van der Waals surface area contributed by atoms with Gasteiger partial charge in [0.25, 0.3) is 0 Å². The van der Waals surface area contributed by atoms with E-state index in [-0.39, 0.29) is 12.5 Å². The minimum atomic E-state index is -0.538. The maximum absolute atomic E-state index is 13.2. The summed E-state index contributed by atoms with van der Waals surface area (Å²) in [6.07, 6.45) is 3.19. The normalized spacial score (nSPS) is 11.2. The number of hydrogen-bond acceptors (Lipinski definition) is 6. The molecule has 0 bridgehead atoms. The van der Waals surface area contributed by atoms with Gasteiger partial charge in [-0.2, -0.15) is 14.5 Å². The smallest absolute Gasteiger partial charge is 0.222 e. The van der Waals surface area contributed by atoms with Crippen molar-refractivity contribution in [1.29, 1.82) is 0 Å². The number of hydrogen-bond donors (Lipinski definition) is 1. The Labute approximate surface area is 129 Å². The van der Waals surface area contributed by atoms with Crippen LogP contribution in [0.4, 0.5) is 10.3 Å². The number of fused-ring (bicyclic) bond motifs is 1. The van der Waals surface area contributed by atoms with Crippen molar-refractivity contribution >= 4 is 17.0 Å². The minimum Gasteiger partial charge on any atom is -0.463 e. The van der Waals surface area contributed by atoms with Gasteiger partial charge in [-0.25, -0.2) is 14.6 Å². The summed E-state index contributed by atoms with van der Waals surface area (Å²) in [6.45, 7) is 0.273. The quantitative estimate of drug-likeness (QED) is 0.583. The number of furan rings is 1. The number of nitrogen functional groups attached to an aromatic ring is 1. The van der Waals surface area contributed by atoms with Crippen molar-refractivity contribution in [3.05, 3.63) is 54.4 Å². The highest BCUT2D eigenvalue weighted by Crippen LogP contribution is 2.27. The van der Waals surface area contributed by atoms with Crippen LogP contribution >= 0.6 is 0 Å². The lowest BCUT2D eigenvalue weighted by molar-refractivity contribution is 0.568. The van der Waals surface area contributed by atoms with Crippen molar-refractivity contribution in [2.45, 2.75) is 6.54 Å². The largest absolute Gasteiger partial charge is 0.463 e. The van der Waals surface area contributed by atoms with Gasteiger partial charge in [-0.1, -0.05) is 6.07 Å². The summed E-state index contributed by atoms with van der Waals surface area (Å²) in [7, 11) is 0. The third kappa shape index (κ3) is 2.39. The van der Waals surface area contributed by atoms with Crippen LogP contribution in [-0.2, 0) is 6.54 Å². The lowest BCUT2D eigenvalue weighted by Gasteiger charge is -2.04. The topological polar surface area (TPSA) is 95.7 Å². The number of pyridine rings is 1. The van der Waals surface area contributed by atoms with Crippen molar-refractivity contribution in [3.8, 4) is 11.5 Å². The molecular weight excluding hydrogens is 299 g/mol. The van der Waals surface area contributed by atoms with Gasteiger partial charge in [0, 0.05) is 0 Å². The lowest BCUT2D eigenvalue weighted by atomic mass is 10.2. The van der Waals surface area contributed by atoms with Crippen LogP contribution in [0, 0.1) is 5.95 Å². The molecule has 4 aromatic rings. The van der Waals surface area contributed by atoms with Gasteiger partial charge in [-0.3, -0.25) is 0 Å². The summed E-state index contributed by atoms with van der Waals surface area (Å²) in [5.41, 5.74) is 7.43. The van der Waals surface area contributed by atoms with E-state index >= 15 is 0 Å². The van der Waals surface area contributed by atoms with Gasteiger partial charge in [-0.15, -0.1) is 0 Å². The molecule has 0 spiro atoms. The first-order valence-corrected chi connectivity index (χ1v) is 6.85. The first-order valence-electron chi connectivity index (χ1n) is 6.85. The Morgan fingerprint density at radius 1 is 1.13 bits per heavy atom. The molecule has 0 saturated carbocycles. The molecule has 8 heteroatoms. The number of rotatable bonds is 3. The predicted octanol–water partition coefficient (Wildman–Crippen LogP) is 2.25. The molecule has 0 radical (unpaired) electrons. The van der Waals surface area contributed by atoms with Crippen LogP contribution in [0.1, 0.15) is 5.69 Å². The first-order chi connectivity index (χ1) is 11.2. The fourth-order valence-electron chi connectivity index (χ4n) is 2.38. The van der Waals surface area contributed by atoms with E-state index in [4.69, 9.17) is 10.2 Å². The molecule has 2 N–H and O–H groups in total. The first kappa shape index (κ1) is 13.4. The highest BCUT2D eigenvalue weighted by molar-refractivity contribution is 5.89. The molecular formula is C15H11FN6O. The number of halogens is 1. The van der Waals surface area contributed by atoms with Gasteiger partial charge in [0.05, 0.1) is 30.1 Å². The van der Waals surface area contributed by atoms with Crippen LogP contribution < -0.4 is 5.73 Å². The van der Waals surface area contributed by atoms with Crippen molar-refractivity contribution in [3.63, 3.8) is 0 Å². The van der Waals surface area contributed by atoms with Gasteiger partial charge in [0.2, 0.25) is 11.9 Å². The number of aromatic nitrogens is 5. The molecule has 0 unspecified atom stereocenters. The maximum atomic E-state index is 13.2. The molecule has 7 nitrogen and oxygen atoms in total. The van der Waals surface area contributed by atoms with Crippen LogP contribution in [0.25, 0.3) is 22.5 Å². The number of nitrogens with two attached hydrogens (primary N) is 1. The molecule has 0 saturated heterocycles. The molecule has 4 aromatic heterocycles. The Kier molecular flexibility index (Phi) is 3.00. The summed E-state index contributed by atoms with van der Waals surface area (Å²) in [5.74, 6) is 0.148. The molecule has 0 amide bonds. The minimum absolute atomic E-state index is 0.109. The summed E-state index contributed by atoms with van der Waals surface area (Å²) in [4.78, 5) is 12.3. The van der Waals surface area contributed by atoms with E-state index in [2.05, 4.69) is 20.1 Å². The van der Waals surface area contributed by atoms with Crippen LogP contribution in [-0.4, -0.2) is 24.7 Å². The summed E-state index contributed by atoms with van der Waals surface area (Å²) >= 11 is 0. The highest BCUT2D eigenvalue weighted by Gasteiger charge is 2.15. The second kappa shape index (κ2) is 5.16. The molecule has 4 heterocycles. The zero-order chi connectivity index (χ0) is 15.8. The molecule has 0 fully saturated rings. The van der Waals surface area contributed by atoms with Gasteiger partial charge in [0.1, 0.15) is 5.69 Å². The van der Waals surface area contributed by atoms with Crippen LogP contribution in [0.15, 0.2) is 47.2 Å². The summed E-state index contributed by atoms with van der Waals surface area (Å²) in [6, 6.07) is 8.16. The van der Waals surface area contributed by atoms with Gasteiger partial charge in [-0.05, 0) is 24.3 Å². The molecule has 0 aliphatic carbocycles. The fraction of sp³-hybridized carbons (Fsp3) is 0.0667. The Balaban J connectivity index is 1.83. The van der Waals surface area contributed by atoms with Crippen LogP contribution in [0.3, 0.4) is 0 Å². The van der Waals surface area contributed by atoms with E-state index in [0.29, 0.717) is 28.2 Å². The molecule has 23 heavy (non-hydrogen) atoms. The van der Waals surface area contributed by atoms with Crippen molar-refractivity contribution in [1.82, 2.24) is 24.7 Å². The number of nitrogens with zero attached hydrogens (tertiary/aromatic N) is 5. The van der Waals surface area contributed by atoms with Gasteiger partial charge in [0.15, 0.2) is 11.4 Å². The molecule has 4 rings (SSSR count). The van der Waals surface area contributed by atoms with Gasteiger partial charge >= 0.3 is 0 Å². The maximum Gasteiger partial charge on any atom is 0.222 e. The molecule has 0 aliphatic rings. The molecule has 0 atom stereocenters. The average molecular weight is 310 g/mol. The van der Waals surface area contributed by atoms with Crippen molar-refractivity contribution < 1.29 is 8.81 Å². The van der Waals surface area contributed by atoms with Crippen LogP contribution in [0.5, 0.6) is 0 Å². The SMILES string of the molecule is Nc1nc(-c2ccco2)c2cnn(Cc3cccc(F)n3)c2n1. The Morgan fingerprint density at radius 3 is 2.83 bits per heavy atom. The van der Waals surface area contributed by atoms with E-state index in [9.17, 15) is 4.39 Å². The molecule has 114 valence electrons. The van der Waals surface area contributed by atoms with E-state index in [1.165, 1.54) is 6.07 Å². The standard InChI is InChI=1S/C15H11FN6O/c16-12-5-1-3-9(19-12)8-22-14-10(7-18-22)13(20-15(17)21-14)11-4-2-6-23-11/h1-7H,8H2,(H2,17,20,21). The molecule has 0 aliphatic heterocycles. The Hall–Kier alpha value is -3.29. The summed E-state index contributed by atoms with van der Waals surface area (Å²) < 4.78 is 20.2. The van der Waals surface area contributed by atoms with E-state index in [0.717, 1.165) is 0 Å². The average Bonchev–Trinajstić information content (AvgIpc) is 3.17. The van der Waals surface area contributed by atoms with E-state index in [1.54, 1.807) is 41.4 Å². The second-order valence-electron chi connectivity index (χ2n) is 4.90. The Bertz CT molecular complexity index is 979. The zero-order valence-corrected chi connectivity index (χ0v) is 11.8. The van der Waals surface area contributed by atoms with E-state index < -0.39 is 5.95 Å². The second-order valence-corrected chi connectivity index (χ2v) is 4.90. The van der Waals surface area contributed by atoms with Gasteiger partial charge < -0.3 is 10.2 Å². The fourth-order valence-corrected chi connectivity index (χ4v) is 2.38. The third-order valence-electron chi connectivity index (χ3n) is 3.35. The predicted molar refractivity (Wildman–Crippen MR) is 80.7 cm³/mol. The Morgan fingerprint density at radius 2 is 2.04 bits per heavy atom. The zero-order valence-electron chi connectivity index (χ0n) is 11.8. The number of anilines is 1.